The Kier molecular flexibility index (Phi) is 3.01. The Balaban J connectivity index is 2.02. The van der Waals surface area contributed by atoms with Gasteiger partial charge < -0.3 is 10.5 Å². The first kappa shape index (κ1) is 10.8. The van der Waals surface area contributed by atoms with E-state index < -0.39 is 0 Å². The van der Waals surface area contributed by atoms with Gasteiger partial charge in [-0.05, 0) is 30.7 Å². The van der Waals surface area contributed by atoms with Crippen LogP contribution in [-0.4, -0.2) is 9.78 Å². The van der Waals surface area contributed by atoms with Gasteiger partial charge in [0.15, 0.2) is 6.73 Å². The average molecular weight is 238 g/mol. The zero-order valence-electron chi connectivity index (χ0n) is 8.85. The van der Waals surface area contributed by atoms with Crippen LogP contribution >= 0.6 is 11.6 Å². The number of hydrogen-bond acceptors (Lipinski definition) is 3. The number of anilines is 1. The van der Waals surface area contributed by atoms with Crippen LogP contribution in [-0.2, 0) is 6.73 Å². The lowest BCUT2D eigenvalue weighted by atomic mass is 10.2. The third-order valence-corrected chi connectivity index (χ3v) is 2.57. The van der Waals surface area contributed by atoms with Crippen LogP contribution in [0.3, 0.4) is 0 Å². The van der Waals surface area contributed by atoms with E-state index in [1.54, 1.807) is 17.1 Å². The molecular weight excluding hydrogens is 226 g/mol. The maximum Gasteiger partial charge on any atom is 0.180 e. The van der Waals surface area contributed by atoms with E-state index in [9.17, 15) is 0 Å². The fourth-order valence-corrected chi connectivity index (χ4v) is 1.42. The first-order valence-electron chi connectivity index (χ1n) is 4.82. The average Bonchev–Trinajstić information content (AvgIpc) is 2.66. The van der Waals surface area contributed by atoms with Crippen LogP contribution in [0.2, 0.25) is 5.02 Å². The van der Waals surface area contributed by atoms with Gasteiger partial charge in [0.05, 0.1) is 18.1 Å². The highest BCUT2D eigenvalue weighted by atomic mass is 35.5. The van der Waals surface area contributed by atoms with Crippen molar-refractivity contribution in [1.82, 2.24) is 9.78 Å². The summed E-state index contributed by atoms with van der Waals surface area (Å²) in [6.45, 7) is 2.26. The quantitative estimate of drug-likeness (QED) is 0.892. The standard InChI is InChI=1S/C11H12ClN3O/c1-8-4-10(2-3-11(8)12)16-7-15-6-9(13)5-14-15/h2-6H,7,13H2,1H3. The summed E-state index contributed by atoms with van der Waals surface area (Å²) < 4.78 is 7.15. The van der Waals surface area contributed by atoms with E-state index in [1.807, 2.05) is 25.1 Å². The third-order valence-electron chi connectivity index (χ3n) is 2.15. The molecule has 0 atom stereocenters. The van der Waals surface area contributed by atoms with Crippen molar-refractivity contribution in [2.45, 2.75) is 13.7 Å². The zero-order chi connectivity index (χ0) is 11.5. The fourth-order valence-electron chi connectivity index (χ4n) is 1.30. The Bertz CT molecular complexity index is 496. The first-order valence-corrected chi connectivity index (χ1v) is 5.20. The predicted octanol–water partition coefficient (Wildman–Crippen LogP) is 2.46. The van der Waals surface area contributed by atoms with Crippen LogP contribution in [0.25, 0.3) is 0 Å². The molecule has 0 fully saturated rings. The van der Waals surface area contributed by atoms with Crippen LogP contribution in [0.4, 0.5) is 5.69 Å². The molecule has 84 valence electrons. The molecule has 1 heterocycles. The van der Waals surface area contributed by atoms with Crippen LogP contribution in [0.15, 0.2) is 30.6 Å². The van der Waals surface area contributed by atoms with E-state index >= 15 is 0 Å². The molecule has 0 aliphatic rings. The molecule has 2 aromatic rings. The first-order chi connectivity index (χ1) is 7.65. The zero-order valence-corrected chi connectivity index (χ0v) is 9.61. The molecule has 1 aromatic heterocycles. The van der Waals surface area contributed by atoms with Gasteiger partial charge in [-0.2, -0.15) is 5.10 Å². The number of rotatable bonds is 3. The van der Waals surface area contributed by atoms with E-state index in [0.717, 1.165) is 16.3 Å². The second kappa shape index (κ2) is 4.45. The summed E-state index contributed by atoms with van der Waals surface area (Å²) in [5, 5.41) is 4.74. The number of aryl methyl sites for hydroxylation is 1. The van der Waals surface area contributed by atoms with Crippen molar-refractivity contribution in [1.29, 1.82) is 0 Å². The highest BCUT2D eigenvalue weighted by Crippen LogP contribution is 2.21. The van der Waals surface area contributed by atoms with E-state index in [0.29, 0.717) is 12.4 Å². The molecule has 2 N–H and O–H groups in total. The van der Waals surface area contributed by atoms with E-state index in [2.05, 4.69) is 5.10 Å². The lowest BCUT2D eigenvalue weighted by Gasteiger charge is -2.07. The van der Waals surface area contributed by atoms with Crippen LogP contribution in [0, 0.1) is 6.92 Å². The highest BCUT2D eigenvalue weighted by Gasteiger charge is 1.99. The maximum atomic E-state index is 5.91. The maximum absolute atomic E-state index is 5.91. The minimum absolute atomic E-state index is 0.332. The number of benzene rings is 1. The van der Waals surface area contributed by atoms with Crippen molar-refractivity contribution in [3.05, 3.63) is 41.2 Å². The molecule has 16 heavy (non-hydrogen) atoms. The number of halogens is 1. The fraction of sp³-hybridized carbons (Fsp3) is 0.182. The van der Waals surface area contributed by atoms with Gasteiger partial charge >= 0.3 is 0 Å². The Labute approximate surface area is 98.6 Å². The van der Waals surface area contributed by atoms with E-state index in [4.69, 9.17) is 22.1 Å². The second-order valence-electron chi connectivity index (χ2n) is 3.50. The van der Waals surface area contributed by atoms with Gasteiger partial charge in [-0.15, -0.1) is 0 Å². The third kappa shape index (κ3) is 2.46. The molecule has 0 spiro atoms. The molecule has 0 bridgehead atoms. The monoisotopic (exact) mass is 237 g/mol. The molecule has 5 heteroatoms. The van der Waals surface area contributed by atoms with Gasteiger partial charge in [-0.1, -0.05) is 11.6 Å². The summed E-state index contributed by atoms with van der Waals surface area (Å²) in [7, 11) is 0. The molecule has 0 amide bonds. The molecule has 0 aliphatic carbocycles. The molecule has 2 rings (SSSR count). The smallest absolute Gasteiger partial charge is 0.180 e. The van der Waals surface area contributed by atoms with Crippen molar-refractivity contribution in [3.8, 4) is 5.75 Å². The van der Waals surface area contributed by atoms with Crippen LogP contribution in [0.1, 0.15) is 5.56 Å². The van der Waals surface area contributed by atoms with E-state index in [-0.39, 0.29) is 0 Å². The number of nitrogens with zero attached hydrogens (tertiary/aromatic N) is 2. The molecule has 0 aliphatic heterocycles. The summed E-state index contributed by atoms with van der Waals surface area (Å²) in [5.41, 5.74) is 7.14. The van der Waals surface area contributed by atoms with Crippen molar-refractivity contribution in [3.63, 3.8) is 0 Å². The molecular formula is C11H12ClN3O. The second-order valence-corrected chi connectivity index (χ2v) is 3.90. The minimum Gasteiger partial charge on any atom is -0.471 e. The summed E-state index contributed by atoms with van der Waals surface area (Å²) in [6.07, 6.45) is 3.29. The lowest BCUT2D eigenvalue weighted by Crippen LogP contribution is -2.05. The number of hydrogen-bond donors (Lipinski definition) is 1. The number of aromatic nitrogens is 2. The number of nitrogens with two attached hydrogens (primary N) is 1. The predicted molar refractivity (Wildman–Crippen MR) is 63.5 cm³/mol. The van der Waals surface area contributed by atoms with Gasteiger partial charge in [0, 0.05) is 5.02 Å². The molecule has 0 unspecified atom stereocenters. The normalized spacial score (nSPS) is 10.4. The van der Waals surface area contributed by atoms with Gasteiger partial charge in [0.2, 0.25) is 0 Å². The van der Waals surface area contributed by atoms with Crippen molar-refractivity contribution >= 4 is 17.3 Å². The molecule has 1 aromatic carbocycles. The summed E-state index contributed by atoms with van der Waals surface area (Å²) in [5.74, 6) is 0.760. The van der Waals surface area contributed by atoms with Crippen LogP contribution in [0.5, 0.6) is 5.75 Å². The number of ether oxygens (including phenoxy) is 1. The Morgan fingerprint density at radius 3 is 2.94 bits per heavy atom. The molecule has 0 saturated carbocycles. The van der Waals surface area contributed by atoms with Gasteiger partial charge in [0.25, 0.3) is 0 Å². The molecule has 4 nitrogen and oxygen atoms in total. The Hall–Kier alpha value is -1.68. The topological polar surface area (TPSA) is 53.1 Å². The lowest BCUT2D eigenvalue weighted by molar-refractivity contribution is 0.221. The van der Waals surface area contributed by atoms with Gasteiger partial charge in [-0.3, -0.25) is 0 Å². The molecule has 0 saturated heterocycles. The van der Waals surface area contributed by atoms with Gasteiger partial charge in [-0.25, -0.2) is 4.68 Å². The summed E-state index contributed by atoms with van der Waals surface area (Å²) >= 11 is 5.91. The van der Waals surface area contributed by atoms with Crippen molar-refractivity contribution < 1.29 is 4.74 Å². The SMILES string of the molecule is Cc1cc(OCn2cc(N)cn2)ccc1Cl. The Morgan fingerprint density at radius 2 is 2.31 bits per heavy atom. The number of nitrogen functional groups attached to an aromatic ring is 1. The van der Waals surface area contributed by atoms with Crippen molar-refractivity contribution in [2.75, 3.05) is 5.73 Å². The van der Waals surface area contributed by atoms with Gasteiger partial charge in [0.1, 0.15) is 5.75 Å². The summed E-state index contributed by atoms with van der Waals surface area (Å²) in [4.78, 5) is 0. The van der Waals surface area contributed by atoms with E-state index in [1.165, 1.54) is 0 Å². The minimum atomic E-state index is 0.332. The summed E-state index contributed by atoms with van der Waals surface area (Å²) in [6, 6.07) is 5.51. The highest BCUT2D eigenvalue weighted by molar-refractivity contribution is 6.31. The largest absolute Gasteiger partial charge is 0.471 e. The molecule has 0 radical (unpaired) electrons. The van der Waals surface area contributed by atoms with Crippen LogP contribution < -0.4 is 10.5 Å². The van der Waals surface area contributed by atoms with Crippen molar-refractivity contribution in [2.24, 2.45) is 0 Å². The Morgan fingerprint density at radius 1 is 1.50 bits per heavy atom.